The zero-order chi connectivity index (χ0) is 11.3. The van der Waals surface area contributed by atoms with E-state index in [9.17, 15) is 0 Å². The summed E-state index contributed by atoms with van der Waals surface area (Å²) >= 11 is 0. The smallest absolute Gasteiger partial charge is 0.0198 e. The van der Waals surface area contributed by atoms with Crippen molar-refractivity contribution in [2.45, 2.75) is 51.0 Å². The van der Waals surface area contributed by atoms with Crippen molar-refractivity contribution in [3.63, 3.8) is 0 Å². The van der Waals surface area contributed by atoms with Gasteiger partial charge in [0.25, 0.3) is 0 Å². The standard InChI is InChI=1S/C15H26N2/c1-2-17-14(10-16-1)9-15-6-11-3-12(7-15)5-13(4-11)8-15/h11-14,16-17H,1-10H2. The van der Waals surface area contributed by atoms with Crippen LogP contribution in [0.2, 0.25) is 0 Å². The minimum atomic E-state index is 0.755. The Labute approximate surface area is 105 Å². The minimum absolute atomic E-state index is 0.755. The maximum absolute atomic E-state index is 3.73. The zero-order valence-electron chi connectivity index (χ0n) is 10.9. The van der Waals surface area contributed by atoms with Gasteiger partial charge in [0, 0.05) is 25.7 Å². The molecule has 2 heteroatoms. The first-order valence-corrected chi connectivity index (χ1v) is 7.75. The third kappa shape index (κ3) is 1.94. The molecule has 0 aromatic rings. The van der Waals surface area contributed by atoms with Crippen molar-refractivity contribution in [3.8, 4) is 0 Å². The molecule has 0 radical (unpaired) electrons. The average molecular weight is 234 g/mol. The van der Waals surface area contributed by atoms with Crippen molar-refractivity contribution in [3.05, 3.63) is 0 Å². The third-order valence-corrected chi connectivity index (χ3v) is 5.97. The molecule has 1 heterocycles. The molecule has 5 rings (SSSR count). The number of nitrogens with one attached hydrogen (secondary N) is 2. The molecule has 2 nitrogen and oxygen atoms in total. The molecule has 0 spiro atoms. The van der Waals surface area contributed by atoms with Crippen LogP contribution in [0.25, 0.3) is 0 Å². The second-order valence-electron chi connectivity index (χ2n) is 7.48. The lowest BCUT2D eigenvalue weighted by atomic mass is 9.48. The summed E-state index contributed by atoms with van der Waals surface area (Å²) in [6.45, 7) is 3.55. The summed E-state index contributed by atoms with van der Waals surface area (Å²) < 4.78 is 0. The number of rotatable bonds is 2. The van der Waals surface area contributed by atoms with E-state index < -0.39 is 0 Å². The molecule has 0 aromatic heterocycles. The van der Waals surface area contributed by atoms with E-state index in [1.54, 1.807) is 38.5 Å². The van der Waals surface area contributed by atoms with Gasteiger partial charge < -0.3 is 10.6 Å². The monoisotopic (exact) mass is 234 g/mol. The average Bonchev–Trinajstić information content (AvgIpc) is 2.27. The van der Waals surface area contributed by atoms with E-state index in [4.69, 9.17) is 0 Å². The summed E-state index contributed by atoms with van der Waals surface area (Å²) in [5.41, 5.74) is 0.755. The predicted octanol–water partition coefficient (Wildman–Crippen LogP) is 2.15. The Kier molecular flexibility index (Phi) is 2.52. The van der Waals surface area contributed by atoms with Crippen LogP contribution in [0, 0.1) is 23.2 Å². The molecule has 4 saturated carbocycles. The molecule has 1 unspecified atom stereocenters. The Morgan fingerprint density at radius 2 is 1.53 bits per heavy atom. The van der Waals surface area contributed by atoms with Crippen LogP contribution >= 0.6 is 0 Å². The highest BCUT2D eigenvalue weighted by molar-refractivity contribution is 5.03. The maximum atomic E-state index is 3.73. The van der Waals surface area contributed by atoms with Crippen molar-refractivity contribution in [1.29, 1.82) is 0 Å². The van der Waals surface area contributed by atoms with E-state index in [0.717, 1.165) is 35.8 Å². The minimum Gasteiger partial charge on any atom is -0.314 e. The van der Waals surface area contributed by atoms with E-state index >= 15 is 0 Å². The number of hydrogen-bond acceptors (Lipinski definition) is 2. The number of piperazine rings is 1. The molecule has 5 aliphatic rings. The van der Waals surface area contributed by atoms with Crippen LogP contribution in [0.15, 0.2) is 0 Å². The van der Waals surface area contributed by atoms with Gasteiger partial charge in [-0.15, -0.1) is 0 Å². The molecule has 1 saturated heterocycles. The summed E-state index contributed by atoms with van der Waals surface area (Å²) in [7, 11) is 0. The van der Waals surface area contributed by atoms with E-state index in [1.165, 1.54) is 19.5 Å². The lowest BCUT2D eigenvalue weighted by Crippen LogP contribution is -2.54. The molecule has 2 N–H and O–H groups in total. The van der Waals surface area contributed by atoms with Crippen molar-refractivity contribution >= 4 is 0 Å². The first-order chi connectivity index (χ1) is 8.31. The van der Waals surface area contributed by atoms with E-state index in [2.05, 4.69) is 10.6 Å². The third-order valence-electron chi connectivity index (χ3n) is 5.97. The van der Waals surface area contributed by atoms with Crippen molar-refractivity contribution in [2.75, 3.05) is 19.6 Å². The second kappa shape index (κ2) is 3.96. The molecule has 96 valence electrons. The molecule has 5 fully saturated rings. The highest BCUT2D eigenvalue weighted by Crippen LogP contribution is 2.61. The predicted molar refractivity (Wildman–Crippen MR) is 69.9 cm³/mol. The van der Waals surface area contributed by atoms with Crippen LogP contribution in [0.4, 0.5) is 0 Å². The Morgan fingerprint density at radius 3 is 2.06 bits per heavy atom. The van der Waals surface area contributed by atoms with Crippen molar-refractivity contribution in [2.24, 2.45) is 23.2 Å². The Morgan fingerprint density at radius 1 is 0.882 bits per heavy atom. The summed E-state index contributed by atoms with van der Waals surface area (Å²) in [4.78, 5) is 0. The normalized spacial score (nSPS) is 52.9. The van der Waals surface area contributed by atoms with Gasteiger partial charge >= 0.3 is 0 Å². The lowest BCUT2D eigenvalue weighted by Gasteiger charge is -2.58. The van der Waals surface area contributed by atoms with Gasteiger partial charge in [0.05, 0.1) is 0 Å². The summed E-state index contributed by atoms with van der Waals surface area (Å²) in [6, 6.07) is 0.764. The fourth-order valence-corrected chi connectivity index (χ4v) is 5.92. The van der Waals surface area contributed by atoms with Crippen LogP contribution in [0.3, 0.4) is 0 Å². The second-order valence-corrected chi connectivity index (χ2v) is 7.48. The van der Waals surface area contributed by atoms with Crippen LogP contribution in [-0.2, 0) is 0 Å². The first-order valence-electron chi connectivity index (χ1n) is 7.75. The van der Waals surface area contributed by atoms with E-state index in [-0.39, 0.29) is 0 Å². The molecular weight excluding hydrogens is 208 g/mol. The molecule has 0 aromatic carbocycles. The van der Waals surface area contributed by atoms with E-state index in [0.29, 0.717) is 0 Å². The van der Waals surface area contributed by atoms with Crippen LogP contribution in [0.5, 0.6) is 0 Å². The fourth-order valence-electron chi connectivity index (χ4n) is 5.92. The molecule has 1 atom stereocenters. The van der Waals surface area contributed by atoms with Gasteiger partial charge in [-0.2, -0.15) is 0 Å². The van der Waals surface area contributed by atoms with Gasteiger partial charge in [-0.25, -0.2) is 0 Å². The Balaban J connectivity index is 1.48. The van der Waals surface area contributed by atoms with Gasteiger partial charge in [0.1, 0.15) is 0 Å². The molecule has 1 aliphatic heterocycles. The molecule has 17 heavy (non-hydrogen) atoms. The van der Waals surface area contributed by atoms with Gasteiger partial charge in [-0.1, -0.05) is 0 Å². The quantitative estimate of drug-likeness (QED) is 0.765. The Hall–Kier alpha value is -0.0800. The largest absolute Gasteiger partial charge is 0.314 e. The van der Waals surface area contributed by atoms with Crippen LogP contribution in [0.1, 0.15) is 44.9 Å². The topological polar surface area (TPSA) is 24.1 Å². The highest BCUT2D eigenvalue weighted by atomic mass is 15.1. The van der Waals surface area contributed by atoms with Crippen molar-refractivity contribution < 1.29 is 0 Å². The van der Waals surface area contributed by atoms with Gasteiger partial charge in [0.2, 0.25) is 0 Å². The molecule has 0 amide bonds. The van der Waals surface area contributed by atoms with Crippen LogP contribution in [-0.4, -0.2) is 25.7 Å². The molecule has 4 aliphatic carbocycles. The summed E-state index contributed by atoms with van der Waals surface area (Å²) in [5.74, 6) is 3.33. The van der Waals surface area contributed by atoms with Gasteiger partial charge in [-0.3, -0.25) is 0 Å². The zero-order valence-corrected chi connectivity index (χ0v) is 10.9. The molecule has 4 bridgehead atoms. The van der Waals surface area contributed by atoms with E-state index in [1.807, 2.05) is 0 Å². The van der Waals surface area contributed by atoms with Gasteiger partial charge in [0.15, 0.2) is 0 Å². The maximum Gasteiger partial charge on any atom is 0.0198 e. The SMILES string of the molecule is C1CNC(CC23CC4CC(CC(C4)C2)C3)CN1. The van der Waals surface area contributed by atoms with Crippen LogP contribution < -0.4 is 10.6 Å². The summed E-state index contributed by atoms with van der Waals surface area (Å²) in [5, 5.41) is 7.29. The summed E-state index contributed by atoms with van der Waals surface area (Å²) in [6.07, 6.45) is 10.9. The fraction of sp³-hybridized carbons (Fsp3) is 1.00. The first kappa shape index (κ1) is 10.8. The lowest BCUT2D eigenvalue weighted by molar-refractivity contribution is -0.0624. The number of hydrogen-bond donors (Lipinski definition) is 2. The van der Waals surface area contributed by atoms with Gasteiger partial charge in [-0.05, 0) is 68.1 Å². The van der Waals surface area contributed by atoms with Crippen molar-refractivity contribution in [1.82, 2.24) is 10.6 Å². The Bertz CT molecular complexity index is 258. The molecular formula is C15H26N2. The highest BCUT2D eigenvalue weighted by Gasteiger charge is 2.51.